The van der Waals surface area contributed by atoms with Crippen LogP contribution < -0.4 is 10.2 Å². The molecule has 0 radical (unpaired) electrons. The predicted molar refractivity (Wildman–Crippen MR) is 110 cm³/mol. The van der Waals surface area contributed by atoms with Gasteiger partial charge in [0.05, 0.1) is 5.69 Å². The second kappa shape index (κ2) is 9.03. The Balaban J connectivity index is 1.49. The molecule has 0 saturated carbocycles. The third-order valence-electron chi connectivity index (χ3n) is 4.60. The molecule has 140 valence electrons. The van der Waals surface area contributed by atoms with E-state index in [1.807, 2.05) is 60.1 Å². The summed E-state index contributed by atoms with van der Waals surface area (Å²) in [4.78, 5) is 14.7. The molecule has 5 heteroatoms. The first-order valence-electron chi connectivity index (χ1n) is 9.38. The van der Waals surface area contributed by atoms with Crippen LogP contribution in [0.5, 0.6) is 0 Å². The van der Waals surface area contributed by atoms with Gasteiger partial charge in [0, 0.05) is 42.8 Å². The molecule has 0 bridgehead atoms. The zero-order chi connectivity index (χ0) is 19.1. The lowest BCUT2D eigenvalue weighted by Crippen LogP contribution is -2.29. The van der Waals surface area contributed by atoms with Gasteiger partial charge < -0.3 is 10.2 Å². The summed E-state index contributed by atoms with van der Waals surface area (Å²) in [5, 5.41) is 7.29. The average molecular weight is 362 g/mol. The van der Waals surface area contributed by atoms with Crippen LogP contribution in [0.2, 0.25) is 0 Å². The van der Waals surface area contributed by atoms with E-state index in [4.69, 9.17) is 0 Å². The highest BCUT2D eigenvalue weighted by Crippen LogP contribution is 2.13. The average Bonchev–Trinajstić information content (AvgIpc) is 3.14. The van der Waals surface area contributed by atoms with Gasteiger partial charge in [-0.2, -0.15) is 5.10 Å². The molecule has 0 saturated heterocycles. The molecule has 0 spiro atoms. The number of rotatable bonds is 8. The summed E-state index contributed by atoms with van der Waals surface area (Å²) >= 11 is 0. The summed E-state index contributed by atoms with van der Waals surface area (Å²) < 4.78 is 1.85. The van der Waals surface area contributed by atoms with Gasteiger partial charge in [-0.25, -0.2) is 4.68 Å². The van der Waals surface area contributed by atoms with Gasteiger partial charge >= 0.3 is 0 Å². The number of nitrogens with zero attached hydrogens (tertiary/aromatic N) is 3. The minimum atomic E-state index is -0.0403. The molecule has 0 aliphatic rings. The summed E-state index contributed by atoms with van der Waals surface area (Å²) in [5.74, 6) is -0.0403. The minimum absolute atomic E-state index is 0.0403. The van der Waals surface area contributed by atoms with Crippen molar-refractivity contribution in [3.05, 3.63) is 78.1 Å². The van der Waals surface area contributed by atoms with Crippen molar-refractivity contribution in [2.24, 2.45) is 0 Å². The Morgan fingerprint density at radius 1 is 1.07 bits per heavy atom. The Labute approximate surface area is 160 Å². The molecule has 0 unspecified atom stereocenters. The van der Waals surface area contributed by atoms with Crippen LogP contribution in [-0.4, -0.2) is 35.3 Å². The first-order chi connectivity index (χ1) is 13.2. The maximum Gasteiger partial charge on any atom is 0.251 e. The molecule has 0 aliphatic heterocycles. The number of aryl methyl sites for hydroxylation is 1. The van der Waals surface area contributed by atoms with Crippen molar-refractivity contribution < 1.29 is 4.79 Å². The van der Waals surface area contributed by atoms with Crippen molar-refractivity contribution in [3.8, 4) is 5.69 Å². The fraction of sp³-hybridized carbons (Fsp3) is 0.273. The topological polar surface area (TPSA) is 50.2 Å². The number of nitrogens with one attached hydrogen (secondary N) is 1. The van der Waals surface area contributed by atoms with Crippen LogP contribution in [0.15, 0.2) is 66.9 Å². The molecular weight excluding hydrogens is 336 g/mol. The molecular formula is C22H26N4O. The van der Waals surface area contributed by atoms with Crippen LogP contribution >= 0.6 is 0 Å². The van der Waals surface area contributed by atoms with E-state index in [0.717, 1.165) is 30.9 Å². The second-order valence-electron chi connectivity index (χ2n) is 6.46. The van der Waals surface area contributed by atoms with Gasteiger partial charge in [0.15, 0.2) is 0 Å². The second-order valence-corrected chi connectivity index (χ2v) is 6.46. The number of carbonyl (C=O) groups excluding carboxylic acids is 1. The van der Waals surface area contributed by atoms with Crippen molar-refractivity contribution in [1.29, 1.82) is 0 Å². The van der Waals surface area contributed by atoms with Crippen molar-refractivity contribution in [2.45, 2.75) is 20.3 Å². The molecule has 0 fully saturated rings. The van der Waals surface area contributed by atoms with E-state index in [1.54, 1.807) is 6.20 Å². The number of para-hydroxylation sites is 1. The van der Waals surface area contributed by atoms with Crippen LogP contribution in [0.3, 0.4) is 0 Å². The molecule has 0 aliphatic carbocycles. The monoisotopic (exact) mass is 362 g/mol. The van der Waals surface area contributed by atoms with Gasteiger partial charge in [-0.1, -0.05) is 18.2 Å². The summed E-state index contributed by atoms with van der Waals surface area (Å²) in [7, 11) is 0. The van der Waals surface area contributed by atoms with Crippen molar-refractivity contribution >= 4 is 11.6 Å². The highest BCUT2D eigenvalue weighted by atomic mass is 16.1. The van der Waals surface area contributed by atoms with E-state index in [-0.39, 0.29) is 5.91 Å². The number of hydrogen-bond acceptors (Lipinski definition) is 3. The number of aromatic nitrogens is 2. The maximum atomic E-state index is 12.3. The lowest BCUT2D eigenvalue weighted by molar-refractivity contribution is 0.0953. The largest absolute Gasteiger partial charge is 0.372 e. The molecule has 1 N–H and O–H groups in total. The van der Waals surface area contributed by atoms with Gasteiger partial charge in [0.2, 0.25) is 0 Å². The van der Waals surface area contributed by atoms with E-state index in [0.29, 0.717) is 12.1 Å². The molecule has 1 aromatic heterocycles. The number of amides is 1. The number of benzene rings is 2. The van der Waals surface area contributed by atoms with Crippen molar-refractivity contribution in [1.82, 2.24) is 15.1 Å². The summed E-state index contributed by atoms with van der Waals surface area (Å²) in [6.07, 6.45) is 2.67. The van der Waals surface area contributed by atoms with Crippen molar-refractivity contribution in [2.75, 3.05) is 24.5 Å². The van der Waals surface area contributed by atoms with Crippen LogP contribution in [0.1, 0.15) is 29.4 Å². The Bertz CT molecular complexity index is 856. The molecule has 27 heavy (non-hydrogen) atoms. The van der Waals surface area contributed by atoms with Crippen molar-refractivity contribution in [3.63, 3.8) is 0 Å². The maximum absolute atomic E-state index is 12.3. The van der Waals surface area contributed by atoms with E-state index in [1.165, 1.54) is 5.69 Å². The van der Waals surface area contributed by atoms with E-state index in [2.05, 4.69) is 34.4 Å². The summed E-state index contributed by atoms with van der Waals surface area (Å²) in [6.45, 7) is 6.67. The van der Waals surface area contributed by atoms with E-state index < -0.39 is 0 Å². The molecule has 3 aromatic rings. The Hall–Kier alpha value is -3.08. The zero-order valence-corrected chi connectivity index (χ0v) is 15.9. The molecule has 1 amide bonds. The van der Waals surface area contributed by atoms with Crippen LogP contribution in [0.4, 0.5) is 5.69 Å². The van der Waals surface area contributed by atoms with Gasteiger partial charge in [-0.15, -0.1) is 0 Å². The standard InChI is InChI=1S/C22H26N4O/c1-3-25(20-8-5-4-6-9-20)17-7-15-23-22(27)19-10-12-21(13-11-19)26-18(2)14-16-24-26/h4-6,8-14,16H,3,7,15,17H2,1-2H3,(H,23,27). The van der Waals surface area contributed by atoms with Crippen LogP contribution in [0.25, 0.3) is 5.69 Å². The number of hydrogen-bond donors (Lipinski definition) is 1. The van der Waals surface area contributed by atoms with Gasteiger partial charge in [0.25, 0.3) is 5.91 Å². The molecule has 2 aromatic carbocycles. The van der Waals surface area contributed by atoms with Gasteiger partial charge in [-0.05, 0) is 62.7 Å². The van der Waals surface area contributed by atoms with Crippen LogP contribution in [0, 0.1) is 6.92 Å². The third-order valence-corrected chi connectivity index (χ3v) is 4.60. The first kappa shape index (κ1) is 18.7. The normalized spacial score (nSPS) is 10.6. The van der Waals surface area contributed by atoms with Gasteiger partial charge in [0.1, 0.15) is 0 Å². The quantitative estimate of drug-likeness (QED) is 0.620. The minimum Gasteiger partial charge on any atom is -0.372 e. The van der Waals surface area contributed by atoms with Gasteiger partial charge in [-0.3, -0.25) is 4.79 Å². The molecule has 0 atom stereocenters. The lowest BCUT2D eigenvalue weighted by atomic mass is 10.2. The Morgan fingerprint density at radius 2 is 1.81 bits per heavy atom. The highest BCUT2D eigenvalue weighted by molar-refractivity contribution is 5.94. The summed E-state index contributed by atoms with van der Waals surface area (Å²) in [5.41, 5.74) is 3.90. The fourth-order valence-corrected chi connectivity index (χ4v) is 3.08. The first-order valence-corrected chi connectivity index (χ1v) is 9.38. The Kier molecular flexibility index (Phi) is 6.26. The predicted octanol–water partition coefficient (Wildman–Crippen LogP) is 3.83. The molecule has 5 nitrogen and oxygen atoms in total. The number of anilines is 1. The highest BCUT2D eigenvalue weighted by Gasteiger charge is 2.08. The molecule has 1 heterocycles. The van der Waals surface area contributed by atoms with Crippen LogP contribution in [-0.2, 0) is 0 Å². The lowest BCUT2D eigenvalue weighted by Gasteiger charge is -2.23. The fourth-order valence-electron chi connectivity index (χ4n) is 3.08. The SMILES string of the molecule is CCN(CCCNC(=O)c1ccc(-n2nccc2C)cc1)c1ccccc1. The zero-order valence-electron chi connectivity index (χ0n) is 15.9. The Morgan fingerprint density at radius 3 is 2.44 bits per heavy atom. The number of carbonyl (C=O) groups is 1. The molecule has 3 rings (SSSR count). The van der Waals surface area contributed by atoms with E-state index in [9.17, 15) is 4.79 Å². The smallest absolute Gasteiger partial charge is 0.251 e. The third kappa shape index (κ3) is 4.76. The van der Waals surface area contributed by atoms with E-state index >= 15 is 0 Å². The summed E-state index contributed by atoms with van der Waals surface area (Å²) in [6, 6.07) is 19.8.